The zero-order valence-electron chi connectivity index (χ0n) is 16.7. The number of nitriles is 2. The highest BCUT2D eigenvalue weighted by molar-refractivity contribution is 5.40. The van der Waals surface area contributed by atoms with E-state index < -0.39 is 0 Å². The molecule has 0 saturated carbocycles. The van der Waals surface area contributed by atoms with Crippen molar-refractivity contribution in [3.63, 3.8) is 0 Å². The lowest BCUT2D eigenvalue weighted by atomic mass is 10.1. The van der Waals surface area contributed by atoms with Gasteiger partial charge < -0.3 is 19.6 Å². The number of likely N-dealkylation sites (tertiary alicyclic amines) is 2. The van der Waals surface area contributed by atoms with E-state index in [1.807, 2.05) is 0 Å². The first-order valence-corrected chi connectivity index (χ1v) is 10.8. The van der Waals surface area contributed by atoms with Crippen LogP contribution >= 0.6 is 0 Å². The van der Waals surface area contributed by atoms with E-state index in [2.05, 4.69) is 31.7 Å². The summed E-state index contributed by atoms with van der Waals surface area (Å²) < 4.78 is 0. The summed E-state index contributed by atoms with van der Waals surface area (Å²) in [5.41, 5.74) is 0.284. The van der Waals surface area contributed by atoms with Crippen molar-refractivity contribution in [2.24, 2.45) is 0 Å². The lowest BCUT2D eigenvalue weighted by Gasteiger charge is -2.29. The Balaban J connectivity index is 1.51. The summed E-state index contributed by atoms with van der Waals surface area (Å²) in [4.78, 5) is 9.65. The highest BCUT2D eigenvalue weighted by atomic mass is 15.4. The first-order valence-electron chi connectivity index (χ1n) is 10.8. The molecule has 6 heteroatoms. The van der Waals surface area contributed by atoms with Crippen LogP contribution in [-0.2, 0) is 0 Å². The van der Waals surface area contributed by atoms with Crippen LogP contribution in [-0.4, -0.2) is 85.0 Å². The maximum Gasteiger partial charge on any atom is 0.169 e. The molecular formula is C21H34N6. The third-order valence-electron chi connectivity index (χ3n) is 6.14. The van der Waals surface area contributed by atoms with Gasteiger partial charge in [0.1, 0.15) is 18.0 Å². The summed E-state index contributed by atoms with van der Waals surface area (Å²) in [7, 11) is 0. The normalized spacial score (nSPS) is 21.5. The van der Waals surface area contributed by atoms with E-state index in [9.17, 15) is 10.5 Å². The minimum absolute atomic E-state index is 0.284. The third-order valence-corrected chi connectivity index (χ3v) is 6.14. The van der Waals surface area contributed by atoms with Gasteiger partial charge in [-0.2, -0.15) is 10.5 Å². The SMILES string of the molecule is N#CC(C#N)=C1N(CCCN2CCCCC2)CCN1CCCN1CCCC1. The Morgan fingerprint density at radius 3 is 1.52 bits per heavy atom. The molecule has 0 radical (unpaired) electrons. The van der Waals surface area contributed by atoms with Crippen molar-refractivity contribution in [1.82, 2.24) is 19.6 Å². The molecule has 3 fully saturated rings. The van der Waals surface area contributed by atoms with Gasteiger partial charge in [-0.05, 0) is 77.8 Å². The van der Waals surface area contributed by atoms with Gasteiger partial charge in [0.15, 0.2) is 5.57 Å². The minimum atomic E-state index is 0.284. The van der Waals surface area contributed by atoms with Gasteiger partial charge in [0.25, 0.3) is 0 Å². The van der Waals surface area contributed by atoms with Crippen molar-refractivity contribution in [3.05, 3.63) is 11.4 Å². The van der Waals surface area contributed by atoms with Crippen molar-refractivity contribution in [1.29, 1.82) is 10.5 Å². The molecule has 0 N–H and O–H groups in total. The van der Waals surface area contributed by atoms with Crippen molar-refractivity contribution in [2.75, 3.05) is 65.4 Å². The average Bonchev–Trinajstić information content (AvgIpc) is 3.35. The summed E-state index contributed by atoms with van der Waals surface area (Å²) in [6.07, 6.45) is 8.89. The third kappa shape index (κ3) is 5.61. The second-order valence-corrected chi connectivity index (χ2v) is 8.05. The number of hydrogen-bond donors (Lipinski definition) is 0. The van der Waals surface area contributed by atoms with E-state index in [0.29, 0.717) is 0 Å². The molecule has 0 aromatic heterocycles. The number of nitrogens with zero attached hydrogens (tertiary/aromatic N) is 6. The van der Waals surface area contributed by atoms with Crippen LogP contribution in [0.15, 0.2) is 11.4 Å². The van der Waals surface area contributed by atoms with Crippen molar-refractivity contribution < 1.29 is 0 Å². The summed E-state index contributed by atoms with van der Waals surface area (Å²) in [6.45, 7) is 10.9. The fraction of sp³-hybridized carbons (Fsp3) is 0.810. The van der Waals surface area contributed by atoms with Gasteiger partial charge >= 0.3 is 0 Å². The van der Waals surface area contributed by atoms with Gasteiger partial charge in [0.2, 0.25) is 0 Å². The van der Waals surface area contributed by atoms with E-state index in [0.717, 1.165) is 57.9 Å². The maximum absolute atomic E-state index is 9.45. The molecule has 27 heavy (non-hydrogen) atoms. The van der Waals surface area contributed by atoms with Crippen LogP contribution in [0.4, 0.5) is 0 Å². The molecule has 0 unspecified atom stereocenters. The predicted octanol–water partition coefficient (Wildman–Crippen LogP) is 2.22. The standard InChI is InChI=1S/C21H34N6/c22-18-20(19-23)21-26(14-6-12-24-8-2-1-3-9-24)16-17-27(21)15-7-13-25-10-4-5-11-25/h1-17H2. The Morgan fingerprint density at radius 2 is 1.07 bits per heavy atom. The largest absolute Gasteiger partial charge is 0.355 e. The van der Waals surface area contributed by atoms with Crippen LogP contribution in [0.3, 0.4) is 0 Å². The molecule has 3 heterocycles. The fourth-order valence-corrected chi connectivity index (χ4v) is 4.69. The van der Waals surface area contributed by atoms with Crippen LogP contribution in [0.25, 0.3) is 0 Å². The first kappa shape index (κ1) is 20.0. The first-order chi connectivity index (χ1) is 13.3. The molecule has 0 aromatic rings. The van der Waals surface area contributed by atoms with Gasteiger partial charge in [-0.1, -0.05) is 6.42 Å². The molecule has 0 amide bonds. The molecule has 0 spiro atoms. The summed E-state index contributed by atoms with van der Waals surface area (Å²) >= 11 is 0. The minimum Gasteiger partial charge on any atom is -0.355 e. The Morgan fingerprint density at radius 1 is 0.630 bits per heavy atom. The summed E-state index contributed by atoms with van der Waals surface area (Å²) in [5.74, 6) is 0.889. The van der Waals surface area contributed by atoms with Crippen molar-refractivity contribution in [2.45, 2.75) is 44.9 Å². The molecule has 6 nitrogen and oxygen atoms in total. The molecular weight excluding hydrogens is 336 g/mol. The monoisotopic (exact) mass is 370 g/mol. The second-order valence-electron chi connectivity index (χ2n) is 8.05. The van der Waals surface area contributed by atoms with Crippen LogP contribution in [0.5, 0.6) is 0 Å². The van der Waals surface area contributed by atoms with Gasteiger partial charge in [-0.25, -0.2) is 0 Å². The maximum atomic E-state index is 9.45. The van der Waals surface area contributed by atoms with E-state index in [4.69, 9.17) is 0 Å². The number of piperidine rings is 1. The molecule has 3 aliphatic rings. The number of hydrogen-bond acceptors (Lipinski definition) is 6. The molecule has 3 rings (SSSR count). The van der Waals surface area contributed by atoms with Crippen LogP contribution in [0.1, 0.15) is 44.9 Å². The fourth-order valence-electron chi connectivity index (χ4n) is 4.69. The lowest BCUT2D eigenvalue weighted by Crippen LogP contribution is -2.33. The van der Waals surface area contributed by atoms with Crippen molar-refractivity contribution >= 4 is 0 Å². The Kier molecular flexibility index (Phi) is 7.80. The lowest BCUT2D eigenvalue weighted by molar-refractivity contribution is 0.214. The molecule has 3 saturated heterocycles. The van der Waals surface area contributed by atoms with Gasteiger partial charge in [-0.3, -0.25) is 0 Å². The van der Waals surface area contributed by atoms with Gasteiger partial charge in [0, 0.05) is 26.2 Å². The van der Waals surface area contributed by atoms with Crippen molar-refractivity contribution in [3.8, 4) is 12.1 Å². The molecule has 0 atom stereocenters. The molecule has 0 bridgehead atoms. The number of rotatable bonds is 8. The van der Waals surface area contributed by atoms with E-state index in [1.54, 1.807) is 0 Å². The smallest absolute Gasteiger partial charge is 0.169 e. The zero-order chi connectivity index (χ0) is 18.9. The molecule has 148 valence electrons. The van der Waals surface area contributed by atoms with Crippen LogP contribution in [0.2, 0.25) is 0 Å². The highest BCUT2D eigenvalue weighted by Gasteiger charge is 2.28. The Bertz CT molecular complexity index is 558. The average molecular weight is 371 g/mol. The summed E-state index contributed by atoms with van der Waals surface area (Å²) in [6, 6.07) is 4.28. The van der Waals surface area contributed by atoms with E-state index >= 15 is 0 Å². The Labute approximate surface area is 164 Å². The molecule has 0 aliphatic carbocycles. The van der Waals surface area contributed by atoms with E-state index in [-0.39, 0.29) is 5.57 Å². The Hall–Kier alpha value is -1.76. The molecule has 3 aliphatic heterocycles. The second kappa shape index (κ2) is 10.5. The highest BCUT2D eigenvalue weighted by Crippen LogP contribution is 2.23. The van der Waals surface area contributed by atoms with Crippen LogP contribution < -0.4 is 0 Å². The molecule has 0 aromatic carbocycles. The number of allylic oxidation sites excluding steroid dienone is 1. The quantitative estimate of drug-likeness (QED) is 0.611. The van der Waals surface area contributed by atoms with Gasteiger partial charge in [-0.15, -0.1) is 0 Å². The topological polar surface area (TPSA) is 60.5 Å². The van der Waals surface area contributed by atoms with Crippen LogP contribution in [0, 0.1) is 22.7 Å². The van der Waals surface area contributed by atoms with E-state index in [1.165, 1.54) is 58.3 Å². The predicted molar refractivity (Wildman–Crippen MR) is 107 cm³/mol. The summed E-state index contributed by atoms with van der Waals surface area (Å²) in [5, 5.41) is 18.9. The van der Waals surface area contributed by atoms with Gasteiger partial charge in [0.05, 0.1) is 0 Å². The zero-order valence-corrected chi connectivity index (χ0v) is 16.7.